The second kappa shape index (κ2) is 10.0. The van der Waals surface area contributed by atoms with Crippen LogP contribution >= 0.6 is 24.0 Å². The Balaban J connectivity index is 0.00000312. The number of carbonyl (C=O) groups is 1. The first kappa shape index (κ1) is 21.0. The number of rotatable bonds is 5. The number of aryl methyl sites for hydroxylation is 3. The summed E-state index contributed by atoms with van der Waals surface area (Å²) >= 11 is 0. The molecular formula is C19H25IN4O. The number of carbonyl (C=O) groups excluding carboxylic acids is 1. The summed E-state index contributed by atoms with van der Waals surface area (Å²) in [5.74, 6) is 0.234. The van der Waals surface area contributed by atoms with Gasteiger partial charge in [-0.1, -0.05) is 23.8 Å². The zero-order chi connectivity index (χ0) is 17.5. The van der Waals surface area contributed by atoms with Gasteiger partial charge in [0, 0.05) is 17.8 Å². The topological polar surface area (TPSA) is 79.5 Å². The zero-order valence-corrected chi connectivity index (χ0v) is 17.1. The Morgan fingerprint density at radius 3 is 2.52 bits per heavy atom. The number of amides is 1. The van der Waals surface area contributed by atoms with Crippen LogP contribution in [0, 0.1) is 20.8 Å². The summed E-state index contributed by atoms with van der Waals surface area (Å²) in [6.07, 6.45) is 0. The van der Waals surface area contributed by atoms with E-state index in [0.717, 1.165) is 11.3 Å². The molecule has 0 aliphatic carbocycles. The van der Waals surface area contributed by atoms with Gasteiger partial charge in [0.1, 0.15) is 0 Å². The van der Waals surface area contributed by atoms with Crippen molar-refractivity contribution in [3.05, 3.63) is 64.7 Å². The highest BCUT2D eigenvalue weighted by Gasteiger charge is 2.04. The van der Waals surface area contributed by atoms with Crippen LogP contribution in [0.1, 0.15) is 27.0 Å². The fourth-order valence-electron chi connectivity index (χ4n) is 2.24. The SMILES string of the molecule is Cc1cccc(C(=O)NCCN=C(N)Nc2ccc(C)c(C)c2)c1.I. The molecule has 0 fully saturated rings. The summed E-state index contributed by atoms with van der Waals surface area (Å²) in [6.45, 7) is 6.92. The standard InChI is InChI=1S/C19H24N4O.HI/c1-13-5-4-6-16(11-13)18(24)21-9-10-22-19(20)23-17-8-7-14(2)15(3)12-17;/h4-8,11-12H,9-10H2,1-3H3,(H,21,24)(H3,20,22,23);1H. The molecule has 0 unspecified atom stereocenters. The second-order valence-electron chi connectivity index (χ2n) is 5.82. The van der Waals surface area contributed by atoms with E-state index in [4.69, 9.17) is 5.73 Å². The third-order valence-electron chi connectivity index (χ3n) is 3.74. The van der Waals surface area contributed by atoms with E-state index in [0.29, 0.717) is 24.6 Å². The summed E-state index contributed by atoms with van der Waals surface area (Å²) in [4.78, 5) is 16.2. The Labute approximate surface area is 166 Å². The summed E-state index contributed by atoms with van der Waals surface area (Å²) in [5.41, 5.74) is 10.9. The quantitative estimate of drug-likeness (QED) is 0.282. The number of nitrogens with two attached hydrogens (primary N) is 1. The Kier molecular flexibility index (Phi) is 8.40. The van der Waals surface area contributed by atoms with Crippen molar-refractivity contribution in [2.75, 3.05) is 18.4 Å². The molecule has 0 saturated heterocycles. The van der Waals surface area contributed by atoms with Gasteiger partial charge in [0.15, 0.2) is 5.96 Å². The van der Waals surface area contributed by atoms with Gasteiger partial charge >= 0.3 is 0 Å². The van der Waals surface area contributed by atoms with E-state index in [2.05, 4.69) is 29.5 Å². The summed E-state index contributed by atoms with van der Waals surface area (Å²) in [7, 11) is 0. The van der Waals surface area contributed by atoms with Gasteiger partial charge in [-0.15, -0.1) is 24.0 Å². The van der Waals surface area contributed by atoms with Crippen molar-refractivity contribution in [3.8, 4) is 0 Å². The van der Waals surface area contributed by atoms with E-state index in [1.54, 1.807) is 6.07 Å². The van der Waals surface area contributed by atoms with Crippen molar-refractivity contribution >= 4 is 41.5 Å². The average Bonchev–Trinajstić information content (AvgIpc) is 2.55. The molecule has 1 amide bonds. The van der Waals surface area contributed by atoms with Gasteiger partial charge < -0.3 is 16.4 Å². The summed E-state index contributed by atoms with van der Waals surface area (Å²) in [5, 5.41) is 5.88. The molecule has 0 radical (unpaired) electrons. The molecule has 0 aliphatic heterocycles. The molecule has 25 heavy (non-hydrogen) atoms. The lowest BCUT2D eigenvalue weighted by molar-refractivity contribution is 0.0954. The summed E-state index contributed by atoms with van der Waals surface area (Å²) in [6, 6.07) is 13.5. The Morgan fingerprint density at radius 1 is 1.08 bits per heavy atom. The number of nitrogens with zero attached hydrogens (tertiary/aromatic N) is 1. The molecule has 2 aromatic rings. The first-order chi connectivity index (χ1) is 11.5. The van der Waals surface area contributed by atoms with Crippen molar-refractivity contribution < 1.29 is 4.79 Å². The Bertz CT molecular complexity index is 759. The van der Waals surface area contributed by atoms with Crippen LogP contribution in [0.4, 0.5) is 5.69 Å². The zero-order valence-electron chi connectivity index (χ0n) is 14.8. The molecule has 6 heteroatoms. The number of guanidine groups is 1. The van der Waals surface area contributed by atoms with Gasteiger partial charge in [-0.25, -0.2) is 0 Å². The molecular weight excluding hydrogens is 427 g/mol. The molecule has 0 heterocycles. The van der Waals surface area contributed by atoms with Crippen LogP contribution in [0.25, 0.3) is 0 Å². The fourth-order valence-corrected chi connectivity index (χ4v) is 2.24. The third-order valence-corrected chi connectivity index (χ3v) is 3.74. The predicted octanol–water partition coefficient (Wildman–Crippen LogP) is 3.39. The molecule has 0 spiro atoms. The molecule has 0 aliphatic rings. The van der Waals surface area contributed by atoms with Crippen molar-refractivity contribution in [3.63, 3.8) is 0 Å². The monoisotopic (exact) mass is 452 g/mol. The van der Waals surface area contributed by atoms with Crippen molar-refractivity contribution in [2.45, 2.75) is 20.8 Å². The lowest BCUT2D eigenvalue weighted by Crippen LogP contribution is -2.28. The molecule has 134 valence electrons. The number of benzene rings is 2. The van der Waals surface area contributed by atoms with Crippen LogP contribution in [-0.2, 0) is 0 Å². The number of hydrogen-bond acceptors (Lipinski definition) is 2. The Hall–Kier alpha value is -2.09. The molecule has 0 saturated carbocycles. The first-order valence-corrected chi connectivity index (χ1v) is 7.95. The second-order valence-corrected chi connectivity index (χ2v) is 5.82. The number of hydrogen-bond donors (Lipinski definition) is 3. The van der Waals surface area contributed by atoms with E-state index in [1.807, 2.05) is 43.3 Å². The van der Waals surface area contributed by atoms with E-state index < -0.39 is 0 Å². The van der Waals surface area contributed by atoms with E-state index in [9.17, 15) is 4.79 Å². The van der Waals surface area contributed by atoms with Crippen LogP contribution in [0.15, 0.2) is 47.5 Å². The predicted molar refractivity (Wildman–Crippen MR) is 115 cm³/mol. The maximum Gasteiger partial charge on any atom is 0.251 e. The van der Waals surface area contributed by atoms with E-state index in [-0.39, 0.29) is 29.9 Å². The van der Waals surface area contributed by atoms with Gasteiger partial charge in [0.25, 0.3) is 5.91 Å². The van der Waals surface area contributed by atoms with Gasteiger partial charge in [-0.3, -0.25) is 9.79 Å². The minimum absolute atomic E-state index is 0. The van der Waals surface area contributed by atoms with Crippen molar-refractivity contribution in [1.82, 2.24) is 5.32 Å². The van der Waals surface area contributed by atoms with Crippen LogP contribution in [0.5, 0.6) is 0 Å². The van der Waals surface area contributed by atoms with E-state index in [1.165, 1.54) is 11.1 Å². The average molecular weight is 452 g/mol. The Morgan fingerprint density at radius 2 is 1.84 bits per heavy atom. The first-order valence-electron chi connectivity index (χ1n) is 7.95. The number of aliphatic imine (C=N–C) groups is 1. The van der Waals surface area contributed by atoms with E-state index >= 15 is 0 Å². The largest absolute Gasteiger partial charge is 0.370 e. The molecule has 5 nitrogen and oxygen atoms in total. The van der Waals surface area contributed by atoms with Gasteiger partial charge in [0.05, 0.1) is 6.54 Å². The molecule has 2 rings (SSSR count). The van der Waals surface area contributed by atoms with Gasteiger partial charge in [-0.05, 0) is 56.2 Å². The van der Waals surface area contributed by atoms with Crippen LogP contribution < -0.4 is 16.4 Å². The minimum atomic E-state index is -0.102. The molecule has 0 aromatic heterocycles. The lowest BCUT2D eigenvalue weighted by atomic mass is 10.1. The highest BCUT2D eigenvalue weighted by Crippen LogP contribution is 2.13. The summed E-state index contributed by atoms with van der Waals surface area (Å²) < 4.78 is 0. The smallest absolute Gasteiger partial charge is 0.251 e. The normalized spacial score (nSPS) is 10.8. The fraction of sp³-hybridized carbons (Fsp3) is 0.263. The molecule has 0 atom stereocenters. The van der Waals surface area contributed by atoms with Gasteiger partial charge in [0.2, 0.25) is 0 Å². The van der Waals surface area contributed by atoms with Crippen LogP contribution in [0.3, 0.4) is 0 Å². The minimum Gasteiger partial charge on any atom is -0.370 e. The molecule has 2 aromatic carbocycles. The van der Waals surface area contributed by atoms with Crippen LogP contribution in [0.2, 0.25) is 0 Å². The maximum absolute atomic E-state index is 12.0. The van der Waals surface area contributed by atoms with Gasteiger partial charge in [-0.2, -0.15) is 0 Å². The number of nitrogens with one attached hydrogen (secondary N) is 2. The highest BCUT2D eigenvalue weighted by molar-refractivity contribution is 14.0. The lowest BCUT2D eigenvalue weighted by Gasteiger charge is -2.08. The highest BCUT2D eigenvalue weighted by atomic mass is 127. The van der Waals surface area contributed by atoms with Crippen molar-refractivity contribution in [2.24, 2.45) is 10.7 Å². The molecule has 4 N–H and O–H groups in total. The van der Waals surface area contributed by atoms with Crippen LogP contribution in [-0.4, -0.2) is 25.0 Å². The third kappa shape index (κ3) is 6.74. The maximum atomic E-state index is 12.0. The number of anilines is 1. The number of halogens is 1. The molecule has 0 bridgehead atoms. The van der Waals surface area contributed by atoms with Crippen molar-refractivity contribution in [1.29, 1.82) is 0 Å².